The molecule has 1 heterocycles. The number of carbonyl (C=O) groups is 1. The van der Waals surface area contributed by atoms with Gasteiger partial charge >= 0.3 is 0 Å². The van der Waals surface area contributed by atoms with E-state index in [1.807, 2.05) is 25.1 Å². The zero-order chi connectivity index (χ0) is 18.5. The smallest absolute Gasteiger partial charge is 0.230 e. The predicted octanol–water partition coefficient (Wildman–Crippen LogP) is 2.99. The Bertz CT molecular complexity index is 900. The lowest BCUT2D eigenvalue weighted by molar-refractivity contribution is -0.119. The third-order valence-electron chi connectivity index (χ3n) is 3.59. The quantitative estimate of drug-likeness (QED) is 0.629. The van der Waals surface area contributed by atoms with Crippen LogP contribution in [0, 0.1) is 0 Å². The van der Waals surface area contributed by atoms with Gasteiger partial charge in [-0.05, 0) is 59.3 Å². The topological polar surface area (TPSA) is 92.9 Å². The van der Waals surface area contributed by atoms with Gasteiger partial charge in [0, 0.05) is 5.02 Å². The van der Waals surface area contributed by atoms with Crippen molar-refractivity contribution in [1.82, 2.24) is 25.5 Å². The minimum atomic E-state index is -0.158. The van der Waals surface area contributed by atoms with Crippen LogP contribution in [0.5, 0.6) is 5.75 Å². The third kappa shape index (κ3) is 4.53. The van der Waals surface area contributed by atoms with E-state index >= 15 is 0 Å². The fourth-order valence-corrected chi connectivity index (χ4v) is 3.20. The van der Waals surface area contributed by atoms with E-state index in [-0.39, 0.29) is 23.5 Å². The van der Waals surface area contributed by atoms with E-state index in [1.165, 1.54) is 16.4 Å². The number of hydrogen-bond donors (Lipinski definition) is 2. The van der Waals surface area contributed by atoms with E-state index < -0.39 is 0 Å². The molecule has 1 amide bonds. The van der Waals surface area contributed by atoms with E-state index in [0.717, 1.165) is 5.56 Å². The first kappa shape index (κ1) is 18.2. The van der Waals surface area contributed by atoms with Crippen LogP contribution in [0.1, 0.15) is 18.5 Å². The second-order valence-electron chi connectivity index (χ2n) is 5.52. The summed E-state index contributed by atoms with van der Waals surface area (Å²) < 4.78 is 1.51. The van der Waals surface area contributed by atoms with Gasteiger partial charge in [0.15, 0.2) is 0 Å². The molecule has 2 N–H and O–H groups in total. The maximum Gasteiger partial charge on any atom is 0.230 e. The van der Waals surface area contributed by atoms with Crippen molar-refractivity contribution in [3.63, 3.8) is 0 Å². The highest BCUT2D eigenvalue weighted by molar-refractivity contribution is 7.99. The van der Waals surface area contributed by atoms with Crippen LogP contribution in [0.2, 0.25) is 5.02 Å². The zero-order valence-electron chi connectivity index (χ0n) is 13.8. The van der Waals surface area contributed by atoms with Crippen molar-refractivity contribution in [1.29, 1.82) is 0 Å². The number of nitrogens with one attached hydrogen (secondary N) is 1. The summed E-state index contributed by atoms with van der Waals surface area (Å²) in [5, 5.41) is 24.9. The first-order valence-corrected chi connectivity index (χ1v) is 9.14. The van der Waals surface area contributed by atoms with Gasteiger partial charge in [0.25, 0.3) is 0 Å². The summed E-state index contributed by atoms with van der Waals surface area (Å²) in [6.07, 6.45) is 0. The number of benzene rings is 2. The number of thioether (sulfide) groups is 1. The molecule has 2 aromatic carbocycles. The first-order valence-electron chi connectivity index (χ1n) is 7.78. The number of nitrogens with zero attached hydrogens (tertiary/aromatic N) is 4. The average Bonchev–Trinajstić information content (AvgIpc) is 3.09. The van der Waals surface area contributed by atoms with E-state index in [0.29, 0.717) is 15.9 Å². The molecule has 1 aromatic heterocycles. The predicted molar refractivity (Wildman–Crippen MR) is 99.6 cm³/mol. The van der Waals surface area contributed by atoms with Gasteiger partial charge in [-0.15, -0.1) is 5.10 Å². The Kier molecular flexibility index (Phi) is 5.75. The lowest BCUT2D eigenvalue weighted by atomic mass is 10.1. The highest BCUT2D eigenvalue weighted by Gasteiger charge is 2.14. The molecule has 0 saturated carbocycles. The maximum absolute atomic E-state index is 12.2. The number of halogens is 1. The van der Waals surface area contributed by atoms with Gasteiger partial charge in [-0.1, -0.05) is 35.5 Å². The second kappa shape index (κ2) is 8.20. The van der Waals surface area contributed by atoms with Crippen LogP contribution < -0.4 is 5.32 Å². The number of aromatic hydroxyl groups is 1. The minimum Gasteiger partial charge on any atom is -0.508 e. The fourth-order valence-electron chi connectivity index (χ4n) is 2.30. The Labute approximate surface area is 159 Å². The van der Waals surface area contributed by atoms with Crippen molar-refractivity contribution in [3.8, 4) is 11.4 Å². The maximum atomic E-state index is 12.2. The number of phenolic OH excluding ortho intramolecular Hbond substituents is 1. The van der Waals surface area contributed by atoms with Crippen LogP contribution >= 0.6 is 23.4 Å². The van der Waals surface area contributed by atoms with Crippen molar-refractivity contribution in [3.05, 3.63) is 59.1 Å². The molecule has 26 heavy (non-hydrogen) atoms. The van der Waals surface area contributed by atoms with Crippen LogP contribution in [0.3, 0.4) is 0 Å². The van der Waals surface area contributed by atoms with Gasteiger partial charge in [0.1, 0.15) is 5.75 Å². The molecule has 0 aliphatic heterocycles. The van der Waals surface area contributed by atoms with Crippen LogP contribution in [0.15, 0.2) is 53.7 Å². The Hall–Kier alpha value is -2.58. The Morgan fingerprint density at radius 2 is 2.08 bits per heavy atom. The Balaban J connectivity index is 1.60. The Morgan fingerprint density at radius 3 is 2.81 bits per heavy atom. The summed E-state index contributed by atoms with van der Waals surface area (Å²) in [6.45, 7) is 1.90. The van der Waals surface area contributed by atoms with Crippen LogP contribution in [-0.2, 0) is 4.79 Å². The molecule has 0 aliphatic rings. The molecular weight excluding hydrogens is 374 g/mol. The van der Waals surface area contributed by atoms with E-state index in [2.05, 4.69) is 20.8 Å². The molecule has 0 spiro atoms. The third-order valence-corrected chi connectivity index (χ3v) is 4.75. The molecule has 1 atom stereocenters. The lowest BCUT2D eigenvalue weighted by Gasteiger charge is -2.14. The molecular formula is C17H16ClN5O2S. The monoisotopic (exact) mass is 389 g/mol. The zero-order valence-corrected chi connectivity index (χ0v) is 15.4. The number of hydrogen-bond acceptors (Lipinski definition) is 6. The van der Waals surface area contributed by atoms with E-state index in [4.69, 9.17) is 11.6 Å². The molecule has 0 bridgehead atoms. The van der Waals surface area contributed by atoms with Crippen molar-refractivity contribution in [2.45, 2.75) is 18.1 Å². The lowest BCUT2D eigenvalue weighted by Crippen LogP contribution is -2.28. The van der Waals surface area contributed by atoms with Gasteiger partial charge in [-0.25, -0.2) is 0 Å². The number of amides is 1. The highest BCUT2D eigenvalue weighted by atomic mass is 35.5. The SMILES string of the molecule is C[C@H](NC(=O)CSc1nnnn1-c1ccc(O)cc1)c1cccc(Cl)c1. The Morgan fingerprint density at radius 1 is 1.31 bits per heavy atom. The number of aromatic nitrogens is 4. The molecule has 7 nitrogen and oxygen atoms in total. The molecule has 0 unspecified atom stereocenters. The number of rotatable bonds is 6. The first-order chi connectivity index (χ1) is 12.5. The summed E-state index contributed by atoms with van der Waals surface area (Å²) in [5.74, 6) is 0.191. The number of carbonyl (C=O) groups excluding carboxylic acids is 1. The standard InChI is InChI=1S/C17H16ClN5O2S/c1-11(12-3-2-4-13(18)9-12)19-16(25)10-26-17-20-21-22-23(17)14-5-7-15(24)8-6-14/h2-9,11,24H,10H2,1H3,(H,19,25)/t11-/m0/s1. The fraction of sp³-hybridized carbons (Fsp3) is 0.176. The molecule has 0 aliphatic carbocycles. The highest BCUT2D eigenvalue weighted by Crippen LogP contribution is 2.21. The van der Waals surface area contributed by atoms with Crippen molar-refractivity contribution in [2.24, 2.45) is 0 Å². The van der Waals surface area contributed by atoms with Gasteiger partial charge in [-0.3, -0.25) is 4.79 Å². The van der Waals surface area contributed by atoms with Crippen LogP contribution in [0.25, 0.3) is 5.69 Å². The molecule has 3 rings (SSSR count). The number of phenols is 1. The van der Waals surface area contributed by atoms with Crippen molar-refractivity contribution < 1.29 is 9.90 Å². The molecule has 134 valence electrons. The van der Waals surface area contributed by atoms with E-state index in [1.54, 1.807) is 30.3 Å². The summed E-state index contributed by atoms with van der Waals surface area (Å²) in [5.41, 5.74) is 1.63. The molecule has 0 fully saturated rings. The van der Waals surface area contributed by atoms with Crippen LogP contribution in [0.4, 0.5) is 0 Å². The molecule has 0 radical (unpaired) electrons. The molecule has 9 heteroatoms. The summed E-state index contributed by atoms with van der Waals surface area (Å²) >= 11 is 7.21. The summed E-state index contributed by atoms with van der Waals surface area (Å²) in [7, 11) is 0. The van der Waals surface area contributed by atoms with Gasteiger partial charge < -0.3 is 10.4 Å². The normalized spacial score (nSPS) is 11.9. The molecule has 3 aromatic rings. The number of tetrazole rings is 1. The van der Waals surface area contributed by atoms with Gasteiger partial charge in [0.05, 0.1) is 17.5 Å². The van der Waals surface area contributed by atoms with Crippen LogP contribution in [-0.4, -0.2) is 37.0 Å². The van der Waals surface area contributed by atoms with Gasteiger partial charge in [-0.2, -0.15) is 4.68 Å². The van der Waals surface area contributed by atoms with Crippen molar-refractivity contribution >= 4 is 29.3 Å². The second-order valence-corrected chi connectivity index (χ2v) is 6.90. The molecule has 0 saturated heterocycles. The largest absolute Gasteiger partial charge is 0.508 e. The summed E-state index contributed by atoms with van der Waals surface area (Å²) in [6, 6.07) is 13.7. The van der Waals surface area contributed by atoms with Crippen molar-refractivity contribution in [2.75, 3.05) is 5.75 Å². The average molecular weight is 390 g/mol. The van der Waals surface area contributed by atoms with E-state index in [9.17, 15) is 9.90 Å². The minimum absolute atomic E-state index is 0.136. The van der Waals surface area contributed by atoms with Gasteiger partial charge in [0.2, 0.25) is 11.1 Å². The summed E-state index contributed by atoms with van der Waals surface area (Å²) in [4.78, 5) is 12.2.